The van der Waals surface area contributed by atoms with Crippen molar-refractivity contribution in [2.75, 3.05) is 18.4 Å². The van der Waals surface area contributed by atoms with Crippen LogP contribution in [0.4, 0.5) is 5.82 Å². The largest absolute Gasteiger partial charge is 0.369 e. The number of nitrogens with two attached hydrogens (primary N) is 1. The van der Waals surface area contributed by atoms with Gasteiger partial charge in [-0.1, -0.05) is 12.8 Å². The normalized spacial score (nSPS) is 23.6. The van der Waals surface area contributed by atoms with E-state index in [2.05, 4.69) is 27.8 Å². The smallest absolute Gasteiger partial charge is 0.134 e. The van der Waals surface area contributed by atoms with Gasteiger partial charge in [0.15, 0.2) is 0 Å². The molecule has 1 saturated carbocycles. The summed E-state index contributed by atoms with van der Waals surface area (Å²) >= 11 is 1.77. The van der Waals surface area contributed by atoms with Crippen molar-refractivity contribution in [2.24, 2.45) is 17.6 Å². The van der Waals surface area contributed by atoms with E-state index < -0.39 is 0 Å². The summed E-state index contributed by atoms with van der Waals surface area (Å²) in [5.41, 5.74) is 5.89. The van der Waals surface area contributed by atoms with Gasteiger partial charge < -0.3 is 11.1 Å². The number of nitrogens with zero attached hydrogens (tertiary/aromatic N) is 1. The molecule has 1 fully saturated rings. The molecular formula is C15H21N3S. The van der Waals surface area contributed by atoms with Crippen molar-refractivity contribution in [1.29, 1.82) is 0 Å². The molecule has 1 aliphatic carbocycles. The van der Waals surface area contributed by atoms with Gasteiger partial charge in [-0.25, -0.2) is 4.98 Å². The second kappa shape index (κ2) is 5.88. The standard InChI is InChI=1S/C15H21N3S/c16-9-11-3-1-2-4-12(11)10-18-15-13-6-8-19-14(13)5-7-17-15/h5-8,11-12H,1-4,9-10,16H2,(H,17,18). The van der Waals surface area contributed by atoms with Crippen LogP contribution in [0.5, 0.6) is 0 Å². The monoisotopic (exact) mass is 275 g/mol. The van der Waals surface area contributed by atoms with Crippen LogP contribution in [0, 0.1) is 11.8 Å². The van der Waals surface area contributed by atoms with Gasteiger partial charge in [0.25, 0.3) is 0 Å². The van der Waals surface area contributed by atoms with E-state index in [0.29, 0.717) is 11.8 Å². The molecule has 0 spiro atoms. The number of thiophene rings is 1. The summed E-state index contributed by atoms with van der Waals surface area (Å²) in [6.45, 7) is 1.83. The lowest BCUT2D eigenvalue weighted by molar-refractivity contribution is 0.255. The van der Waals surface area contributed by atoms with Gasteiger partial charge in [0.1, 0.15) is 5.82 Å². The Kier molecular flexibility index (Phi) is 3.99. The van der Waals surface area contributed by atoms with Gasteiger partial charge in [0.05, 0.1) is 0 Å². The molecule has 0 amide bonds. The highest BCUT2D eigenvalue weighted by Crippen LogP contribution is 2.31. The van der Waals surface area contributed by atoms with Crippen molar-refractivity contribution in [2.45, 2.75) is 25.7 Å². The average Bonchev–Trinajstić information content (AvgIpc) is 2.94. The van der Waals surface area contributed by atoms with E-state index in [4.69, 9.17) is 5.73 Å². The van der Waals surface area contributed by atoms with Crippen LogP contribution in [0.3, 0.4) is 0 Å². The highest BCUT2D eigenvalue weighted by molar-refractivity contribution is 7.17. The first-order valence-electron chi connectivity index (χ1n) is 7.14. The summed E-state index contributed by atoms with van der Waals surface area (Å²) in [5, 5.41) is 6.92. The molecule has 0 aliphatic heterocycles. The van der Waals surface area contributed by atoms with Crippen LogP contribution in [0.25, 0.3) is 10.1 Å². The minimum absolute atomic E-state index is 0.683. The van der Waals surface area contributed by atoms with Crippen LogP contribution in [0.1, 0.15) is 25.7 Å². The number of hydrogen-bond acceptors (Lipinski definition) is 4. The first-order valence-corrected chi connectivity index (χ1v) is 8.02. The van der Waals surface area contributed by atoms with Gasteiger partial charge in [-0.05, 0) is 48.7 Å². The number of hydrogen-bond donors (Lipinski definition) is 2. The number of anilines is 1. The molecule has 3 N–H and O–H groups in total. The zero-order chi connectivity index (χ0) is 13.1. The third-order valence-electron chi connectivity index (χ3n) is 4.28. The van der Waals surface area contributed by atoms with Gasteiger partial charge in [0, 0.05) is 22.8 Å². The summed E-state index contributed by atoms with van der Waals surface area (Å²) in [6.07, 6.45) is 7.17. The summed E-state index contributed by atoms with van der Waals surface area (Å²) in [4.78, 5) is 4.48. The highest BCUT2D eigenvalue weighted by atomic mass is 32.1. The Labute approximate surface area is 118 Å². The van der Waals surface area contributed by atoms with E-state index >= 15 is 0 Å². The Balaban J connectivity index is 1.69. The number of aromatic nitrogens is 1. The fourth-order valence-electron chi connectivity index (χ4n) is 3.13. The summed E-state index contributed by atoms with van der Waals surface area (Å²) in [6, 6.07) is 4.23. The van der Waals surface area contributed by atoms with Crippen molar-refractivity contribution in [1.82, 2.24) is 4.98 Å². The van der Waals surface area contributed by atoms with Crippen LogP contribution in [-0.2, 0) is 0 Å². The molecule has 0 bridgehead atoms. The maximum atomic E-state index is 5.89. The molecule has 0 aromatic carbocycles. The Bertz CT molecular complexity index is 537. The summed E-state index contributed by atoms with van der Waals surface area (Å²) < 4.78 is 1.30. The molecule has 4 heteroatoms. The van der Waals surface area contributed by atoms with Crippen molar-refractivity contribution >= 4 is 27.2 Å². The SMILES string of the molecule is NCC1CCCCC1CNc1nccc2sccc12. The van der Waals surface area contributed by atoms with Crippen LogP contribution in [0.2, 0.25) is 0 Å². The van der Waals surface area contributed by atoms with Crippen LogP contribution >= 0.6 is 11.3 Å². The van der Waals surface area contributed by atoms with Crippen molar-refractivity contribution in [3.63, 3.8) is 0 Å². The average molecular weight is 275 g/mol. The third kappa shape index (κ3) is 2.74. The third-order valence-corrected chi connectivity index (χ3v) is 5.16. The van der Waals surface area contributed by atoms with E-state index in [9.17, 15) is 0 Å². The topological polar surface area (TPSA) is 50.9 Å². The lowest BCUT2D eigenvalue weighted by atomic mass is 9.79. The molecule has 0 saturated heterocycles. The first-order chi connectivity index (χ1) is 9.38. The van der Waals surface area contributed by atoms with Gasteiger partial charge in [0.2, 0.25) is 0 Å². The molecule has 2 atom stereocenters. The zero-order valence-corrected chi connectivity index (χ0v) is 12.0. The van der Waals surface area contributed by atoms with Crippen molar-refractivity contribution < 1.29 is 0 Å². The molecule has 0 radical (unpaired) electrons. The first kappa shape index (κ1) is 12.9. The second-order valence-corrected chi connectivity index (χ2v) is 6.36. The summed E-state index contributed by atoms with van der Waals surface area (Å²) in [5.74, 6) is 2.41. The second-order valence-electron chi connectivity index (χ2n) is 5.41. The molecule has 2 unspecified atom stereocenters. The quantitative estimate of drug-likeness (QED) is 0.898. The predicted molar refractivity (Wildman–Crippen MR) is 82.6 cm³/mol. The van der Waals surface area contributed by atoms with Crippen LogP contribution in [-0.4, -0.2) is 18.1 Å². The maximum absolute atomic E-state index is 5.89. The molecule has 1 aliphatic rings. The zero-order valence-electron chi connectivity index (χ0n) is 11.1. The summed E-state index contributed by atoms with van der Waals surface area (Å²) in [7, 11) is 0. The number of pyridine rings is 1. The molecule has 102 valence electrons. The van der Waals surface area contributed by atoms with E-state index in [1.165, 1.54) is 35.8 Å². The molecule has 2 aromatic rings. The van der Waals surface area contributed by atoms with E-state index in [0.717, 1.165) is 18.9 Å². The Morgan fingerprint density at radius 1 is 1.26 bits per heavy atom. The molecule has 2 aromatic heterocycles. The van der Waals surface area contributed by atoms with E-state index in [1.54, 1.807) is 11.3 Å². The molecular weight excluding hydrogens is 254 g/mol. The van der Waals surface area contributed by atoms with Gasteiger partial charge in [-0.3, -0.25) is 0 Å². The minimum atomic E-state index is 0.683. The molecule has 3 rings (SSSR count). The van der Waals surface area contributed by atoms with Crippen LogP contribution in [0.15, 0.2) is 23.7 Å². The lowest BCUT2D eigenvalue weighted by Crippen LogP contribution is -2.31. The number of rotatable bonds is 4. The fraction of sp³-hybridized carbons (Fsp3) is 0.533. The lowest BCUT2D eigenvalue weighted by Gasteiger charge is -2.30. The van der Waals surface area contributed by atoms with Crippen molar-refractivity contribution in [3.05, 3.63) is 23.7 Å². The maximum Gasteiger partial charge on any atom is 0.134 e. The molecule has 19 heavy (non-hydrogen) atoms. The Morgan fingerprint density at radius 2 is 2.11 bits per heavy atom. The fourth-order valence-corrected chi connectivity index (χ4v) is 3.91. The van der Waals surface area contributed by atoms with E-state index in [-0.39, 0.29) is 0 Å². The van der Waals surface area contributed by atoms with Gasteiger partial charge >= 0.3 is 0 Å². The Hall–Kier alpha value is -1.13. The van der Waals surface area contributed by atoms with Crippen molar-refractivity contribution in [3.8, 4) is 0 Å². The molecule has 2 heterocycles. The number of fused-ring (bicyclic) bond motifs is 1. The Morgan fingerprint density at radius 3 is 2.95 bits per heavy atom. The van der Waals surface area contributed by atoms with Gasteiger partial charge in [-0.2, -0.15) is 0 Å². The highest BCUT2D eigenvalue weighted by Gasteiger charge is 2.23. The number of nitrogens with one attached hydrogen (secondary N) is 1. The van der Waals surface area contributed by atoms with Crippen LogP contribution < -0.4 is 11.1 Å². The predicted octanol–water partition coefficient (Wildman–Crippen LogP) is 3.47. The molecule has 3 nitrogen and oxygen atoms in total. The minimum Gasteiger partial charge on any atom is -0.369 e. The van der Waals surface area contributed by atoms with Gasteiger partial charge in [-0.15, -0.1) is 11.3 Å². The van der Waals surface area contributed by atoms with E-state index in [1.807, 2.05) is 6.20 Å².